The van der Waals surface area contributed by atoms with Crippen LogP contribution in [0, 0.1) is 10.1 Å². The highest BCUT2D eigenvalue weighted by molar-refractivity contribution is 6.31. The van der Waals surface area contributed by atoms with E-state index in [9.17, 15) is 15.2 Å². The molecule has 2 rings (SSSR count). The lowest BCUT2D eigenvalue weighted by atomic mass is 10.1. The molecule has 1 aliphatic rings. The third kappa shape index (κ3) is 3.19. The van der Waals surface area contributed by atoms with Gasteiger partial charge in [-0.25, -0.2) is 0 Å². The second-order valence-electron chi connectivity index (χ2n) is 4.56. The molecule has 1 saturated heterocycles. The maximum atomic E-state index is 10.7. The average Bonchev–Trinajstić information content (AvgIpc) is 2.31. The van der Waals surface area contributed by atoms with E-state index in [2.05, 4.69) is 4.90 Å². The number of rotatable bonds is 3. The van der Waals surface area contributed by atoms with Crippen molar-refractivity contribution in [3.63, 3.8) is 0 Å². The summed E-state index contributed by atoms with van der Waals surface area (Å²) in [5.41, 5.74) is 0.784. The van der Waals surface area contributed by atoms with E-state index in [1.54, 1.807) is 6.07 Å². The summed E-state index contributed by atoms with van der Waals surface area (Å²) in [6.07, 6.45) is 1.45. The molecule has 98 valence electrons. The van der Waals surface area contributed by atoms with Crippen LogP contribution in [0.2, 0.25) is 5.02 Å². The molecule has 0 spiro atoms. The molecule has 18 heavy (non-hydrogen) atoms. The first-order valence-electron chi connectivity index (χ1n) is 5.89. The van der Waals surface area contributed by atoms with Crippen LogP contribution in [0.1, 0.15) is 18.4 Å². The third-order valence-corrected chi connectivity index (χ3v) is 3.48. The van der Waals surface area contributed by atoms with E-state index >= 15 is 0 Å². The van der Waals surface area contributed by atoms with Crippen molar-refractivity contribution in [2.75, 3.05) is 13.1 Å². The zero-order valence-electron chi connectivity index (χ0n) is 9.88. The van der Waals surface area contributed by atoms with Gasteiger partial charge in [0.15, 0.2) is 0 Å². The molecule has 1 unspecified atom stereocenters. The number of halogens is 1. The van der Waals surface area contributed by atoms with Gasteiger partial charge >= 0.3 is 0 Å². The highest BCUT2D eigenvalue weighted by Gasteiger charge is 2.19. The number of hydrogen-bond acceptors (Lipinski definition) is 4. The summed E-state index contributed by atoms with van der Waals surface area (Å²) in [5, 5.41) is 20.8. The Bertz CT molecular complexity index is 453. The van der Waals surface area contributed by atoms with Crippen LogP contribution in [0.3, 0.4) is 0 Å². The minimum absolute atomic E-state index is 0.0481. The van der Waals surface area contributed by atoms with Gasteiger partial charge in [-0.15, -0.1) is 0 Å². The first-order chi connectivity index (χ1) is 8.56. The number of likely N-dealkylation sites (tertiary alicyclic amines) is 1. The molecule has 0 aliphatic carbocycles. The maximum absolute atomic E-state index is 10.7. The Morgan fingerprint density at radius 1 is 1.56 bits per heavy atom. The number of nitro benzene ring substituents is 1. The number of non-ortho nitro benzene ring substituents is 1. The van der Waals surface area contributed by atoms with Crippen LogP contribution in [-0.2, 0) is 6.54 Å². The number of piperidine rings is 1. The zero-order valence-corrected chi connectivity index (χ0v) is 10.6. The Kier molecular flexibility index (Phi) is 4.16. The van der Waals surface area contributed by atoms with Gasteiger partial charge in [0, 0.05) is 30.2 Å². The molecule has 1 aliphatic heterocycles. The van der Waals surface area contributed by atoms with Crippen molar-refractivity contribution in [2.24, 2.45) is 0 Å². The molecular weight excluding hydrogens is 256 g/mol. The summed E-state index contributed by atoms with van der Waals surface area (Å²) >= 11 is 6.04. The van der Waals surface area contributed by atoms with Gasteiger partial charge < -0.3 is 5.11 Å². The minimum Gasteiger partial charge on any atom is -0.392 e. The summed E-state index contributed by atoms with van der Waals surface area (Å²) in [7, 11) is 0. The molecule has 5 nitrogen and oxygen atoms in total. The predicted octanol–water partition coefficient (Wildman–Crippen LogP) is 2.20. The number of β-amino-alcohol motifs (C(OH)–C–C–N with tert-alkyl or cyclic N) is 1. The lowest BCUT2D eigenvalue weighted by Gasteiger charge is -2.30. The van der Waals surface area contributed by atoms with Gasteiger partial charge in [0.1, 0.15) is 0 Å². The quantitative estimate of drug-likeness (QED) is 0.675. The fourth-order valence-electron chi connectivity index (χ4n) is 2.21. The Labute approximate surface area is 110 Å². The largest absolute Gasteiger partial charge is 0.392 e. The summed E-state index contributed by atoms with van der Waals surface area (Å²) in [6, 6.07) is 4.45. The molecule has 1 fully saturated rings. The van der Waals surface area contributed by atoms with Crippen molar-refractivity contribution in [1.82, 2.24) is 4.90 Å². The second-order valence-corrected chi connectivity index (χ2v) is 4.97. The maximum Gasteiger partial charge on any atom is 0.269 e. The molecule has 1 N–H and O–H groups in total. The van der Waals surface area contributed by atoms with Crippen molar-refractivity contribution in [3.8, 4) is 0 Å². The van der Waals surface area contributed by atoms with E-state index in [4.69, 9.17) is 11.6 Å². The van der Waals surface area contributed by atoms with Crippen molar-refractivity contribution in [2.45, 2.75) is 25.5 Å². The van der Waals surface area contributed by atoms with E-state index in [0.717, 1.165) is 24.9 Å². The number of benzene rings is 1. The van der Waals surface area contributed by atoms with Gasteiger partial charge in [0.05, 0.1) is 11.0 Å². The highest BCUT2D eigenvalue weighted by Crippen LogP contribution is 2.24. The minimum atomic E-state index is -0.426. The average molecular weight is 271 g/mol. The first kappa shape index (κ1) is 13.3. The summed E-state index contributed by atoms with van der Waals surface area (Å²) in [6.45, 7) is 2.02. The number of hydrogen-bond donors (Lipinski definition) is 1. The predicted molar refractivity (Wildman–Crippen MR) is 68.6 cm³/mol. The molecule has 0 bridgehead atoms. The van der Waals surface area contributed by atoms with E-state index in [1.165, 1.54) is 12.1 Å². The fourth-order valence-corrected chi connectivity index (χ4v) is 2.39. The first-order valence-corrected chi connectivity index (χ1v) is 6.27. The van der Waals surface area contributed by atoms with Gasteiger partial charge in [-0.3, -0.25) is 15.0 Å². The SMILES string of the molecule is O=[N+]([O-])c1ccc(Cl)c(CN2CCCC(O)C2)c1. The van der Waals surface area contributed by atoms with Crippen LogP contribution >= 0.6 is 11.6 Å². The van der Waals surface area contributed by atoms with Crippen LogP contribution in [0.4, 0.5) is 5.69 Å². The van der Waals surface area contributed by atoms with Crippen LogP contribution in [0.5, 0.6) is 0 Å². The molecule has 0 radical (unpaired) electrons. The van der Waals surface area contributed by atoms with E-state index in [0.29, 0.717) is 18.1 Å². The van der Waals surface area contributed by atoms with Crippen molar-refractivity contribution in [3.05, 3.63) is 38.9 Å². The molecule has 1 heterocycles. The van der Waals surface area contributed by atoms with E-state index < -0.39 is 4.92 Å². The number of nitrogens with zero attached hydrogens (tertiary/aromatic N) is 2. The molecule has 0 saturated carbocycles. The Morgan fingerprint density at radius 2 is 2.33 bits per heavy atom. The Balaban J connectivity index is 2.12. The van der Waals surface area contributed by atoms with Crippen molar-refractivity contribution >= 4 is 17.3 Å². The molecule has 6 heteroatoms. The molecule has 1 aromatic rings. The normalized spacial score (nSPS) is 20.9. The van der Waals surface area contributed by atoms with Crippen molar-refractivity contribution in [1.29, 1.82) is 0 Å². The summed E-state index contributed by atoms with van der Waals surface area (Å²) in [5.74, 6) is 0. The summed E-state index contributed by atoms with van der Waals surface area (Å²) < 4.78 is 0. The van der Waals surface area contributed by atoms with Gasteiger partial charge in [0.2, 0.25) is 0 Å². The van der Waals surface area contributed by atoms with Crippen molar-refractivity contribution < 1.29 is 10.0 Å². The van der Waals surface area contributed by atoms with E-state index in [1.807, 2.05) is 0 Å². The van der Waals surface area contributed by atoms with E-state index in [-0.39, 0.29) is 11.8 Å². The summed E-state index contributed by atoms with van der Waals surface area (Å²) in [4.78, 5) is 12.4. The van der Waals surface area contributed by atoms with Gasteiger partial charge in [0.25, 0.3) is 5.69 Å². The molecule has 1 atom stereocenters. The Morgan fingerprint density at radius 3 is 3.00 bits per heavy atom. The van der Waals surface area contributed by atoms with Crippen LogP contribution in [0.15, 0.2) is 18.2 Å². The number of nitro groups is 1. The molecular formula is C12H15ClN2O3. The lowest BCUT2D eigenvalue weighted by molar-refractivity contribution is -0.384. The van der Waals surface area contributed by atoms with Gasteiger partial charge in [-0.1, -0.05) is 11.6 Å². The number of aliphatic hydroxyl groups excluding tert-OH is 1. The fraction of sp³-hybridized carbons (Fsp3) is 0.500. The smallest absolute Gasteiger partial charge is 0.269 e. The number of aliphatic hydroxyl groups is 1. The van der Waals surface area contributed by atoms with Gasteiger partial charge in [-0.2, -0.15) is 0 Å². The van der Waals surface area contributed by atoms with Crippen LogP contribution < -0.4 is 0 Å². The third-order valence-electron chi connectivity index (χ3n) is 3.11. The van der Waals surface area contributed by atoms with Crippen LogP contribution in [0.25, 0.3) is 0 Å². The van der Waals surface area contributed by atoms with Gasteiger partial charge in [-0.05, 0) is 31.0 Å². The lowest BCUT2D eigenvalue weighted by Crippen LogP contribution is -2.37. The Hall–Kier alpha value is -1.17. The standard InChI is InChI=1S/C12H15ClN2O3/c13-12-4-3-10(15(17)18)6-9(12)7-14-5-1-2-11(16)8-14/h3-4,6,11,16H,1-2,5,7-8H2. The molecule has 0 amide bonds. The highest BCUT2D eigenvalue weighted by atomic mass is 35.5. The monoisotopic (exact) mass is 270 g/mol. The second kappa shape index (κ2) is 5.65. The zero-order chi connectivity index (χ0) is 13.1. The van der Waals surface area contributed by atoms with Crippen LogP contribution in [-0.4, -0.2) is 34.1 Å². The topological polar surface area (TPSA) is 66.6 Å². The molecule has 0 aromatic heterocycles. The molecule has 1 aromatic carbocycles.